The van der Waals surface area contributed by atoms with Crippen LogP contribution >= 0.6 is 0 Å². The van der Waals surface area contributed by atoms with Gasteiger partial charge in [-0.15, -0.1) is 0 Å². The van der Waals surface area contributed by atoms with Crippen LogP contribution in [-0.2, 0) is 9.53 Å². The molecule has 0 aromatic heterocycles. The Morgan fingerprint density at radius 1 is 1.33 bits per heavy atom. The van der Waals surface area contributed by atoms with E-state index in [0.29, 0.717) is 0 Å². The molecule has 15 heavy (non-hydrogen) atoms. The zero-order valence-electron chi connectivity index (χ0n) is 10.4. The van der Waals surface area contributed by atoms with Crippen LogP contribution in [0, 0.1) is 5.41 Å². The molecule has 0 aromatic carbocycles. The van der Waals surface area contributed by atoms with E-state index in [1.807, 2.05) is 0 Å². The first kappa shape index (κ1) is 12.5. The van der Waals surface area contributed by atoms with Gasteiger partial charge in [-0.25, -0.2) is 0 Å². The summed E-state index contributed by atoms with van der Waals surface area (Å²) in [6.07, 6.45) is 2.56. The van der Waals surface area contributed by atoms with Gasteiger partial charge in [0.15, 0.2) is 0 Å². The van der Waals surface area contributed by atoms with Crippen LogP contribution in [0.25, 0.3) is 0 Å². The summed E-state index contributed by atoms with van der Waals surface area (Å²) in [5, 5.41) is 0. The first-order valence-corrected chi connectivity index (χ1v) is 5.79. The standard InChI is InChI=1S/C12H23NO2/c1-10(14)15-11(12(2,3)4)9-13-7-5-6-8-13/h11H,5-9H2,1-4H3/t11-/m0/s1. The van der Waals surface area contributed by atoms with Crippen LogP contribution < -0.4 is 0 Å². The Labute approximate surface area is 92.8 Å². The molecule has 0 amide bonds. The number of ether oxygens (including phenoxy) is 1. The maximum Gasteiger partial charge on any atom is 0.302 e. The minimum atomic E-state index is -0.172. The highest BCUT2D eigenvalue weighted by Crippen LogP contribution is 2.24. The van der Waals surface area contributed by atoms with Crippen molar-refractivity contribution in [1.29, 1.82) is 0 Å². The molecule has 0 spiro atoms. The Morgan fingerprint density at radius 3 is 2.27 bits per heavy atom. The van der Waals surface area contributed by atoms with Gasteiger partial charge in [0, 0.05) is 18.9 Å². The molecule has 1 aliphatic heterocycles. The monoisotopic (exact) mass is 213 g/mol. The second kappa shape index (κ2) is 4.97. The maximum absolute atomic E-state index is 11.0. The van der Waals surface area contributed by atoms with Gasteiger partial charge in [0.2, 0.25) is 0 Å². The van der Waals surface area contributed by atoms with Crippen LogP contribution in [0.4, 0.5) is 0 Å². The van der Waals surface area contributed by atoms with E-state index in [0.717, 1.165) is 19.6 Å². The van der Waals surface area contributed by atoms with Crippen molar-refractivity contribution < 1.29 is 9.53 Å². The van der Waals surface area contributed by atoms with Gasteiger partial charge in [-0.3, -0.25) is 9.69 Å². The lowest BCUT2D eigenvalue weighted by Gasteiger charge is -2.33. The first-order valence-electron chi connectivity index (χ1n) is 5.79. The largest absolute Gasteiger partial charge is 0.461 e. The van der Waals surface area contributed by atoms with Crippen LogP contribution in [0.3, 0.4) is 0 Å². The summed E-state index contributed by atoms with van der Waals surface area (Å²) in [4.78, 5) is 13.4. The number of nitrogens with zero attached hydrogens (tertiary/aromatic N) is 1. The van der Waals surface area contributed by atoms with Crippen LogP contribution in [0.2, 0.25) is 0 Å². The van der Waals surface area contributed by atoms with Crippen molar-refractivity contribution in [2.24, 2.45) is 5.41 Å². The minimum Gasteiger partial charge on any atom is -0.461 e. The fraction of sp³-hybridized carbons (Fsp3) is 0.917. The van der Waals surface area contributed by atoms with E-state index in [1.54, 1.807) is 0 Å². The lowest BCUT2D eigenvalue weighted by atomic mass is 9.88. The Kier molecular flexibility index (Phi) is 4.14. The molecule has 0 aromatic rings. The van der Waals surface area contributed by atoms with Crippen molar-refractivity contribution >= 4 is 5.97 Å². The number of esters is 1. The van der Waals surface area contributed by atoms with E-state index in [4.69, 9.17) is 4.74 Å². The molecule has 1 rings (SSSR count). The molecule has 0 N–H and O–H groups in total. The van der Waals surface area contributed by atoms with Crippen molar-refractivity contribution in [3.05, 3.63) is 0 Å². The summed E-state index contributed by atoms with van der Waals surface area (Å²) in [5.74, 6) is -0.172. The highest BCUT2D eigenvalue weighted by atomic mass is 16.5. The van der Waals surface area contributed by atoms with Crippen molar-refractivity contribution in [1.82, 2.24) is 4.90 Å². The van der Waals surface area contributed by atoms with E-state index in [-0.39, 0.29) is 17.5 Å². The van der Waals surface area contributed by atoms with E-state index < -0.39 is 0 Å². The molecule has 0 unspecified atom stereocenters. The second-order valence-corrected chi connectivity index (χ2v) is 5.47. The highest BCUT2D eigenvalue weighted by Gasteiger charge is 2.30. The molecule has 3 heteroatoms. The molecule has 1 atom stereocenters. The fourth-order valence-corrected chi connectivity index (χ4v) is 1.89. The predicted octanol–water partition coefficient (Wildman–Crippen LogP) is 2.06. The molecule has 1 heterocycles. The quantitative estimate of drug-likeness (QED) is 0.672. The SMILES string of the molecule is CC(=O)O[C@@H](CN1CCCC1)C(C)(C)C. The zero-order chi connectivity index (χ0) is 11.5. The Balaban J connectivity index is 2.51. The molecule has 88 valence electrons. The lowest BCUT2D eigenvalue weighted by Crippen LogP contribution is -2.41. The summed E-state index contributed by atoms with van der Waals surface area (Å²) in [6, 6.07) is 0. The summed E-state index contributed by atoms with van der Waals surface area (Å²) in [7, 11) is 0. The summed E-state index contributed by atoms with van der Waals surface area (Å²) in [5.41, 5.74) is 0.0221. The summed E-state index contributed by atoms with van der Waals surface area (Å²) >= 11 is 0. The van der Waals surface area contributed by atoms with E-state index in [1.165, 1.54) is 19.8 Å². The van der Waals surface area contributed by atoms with E-state index in [2.05, 4.69) is 25.7 Å². The van der Waals surface area contributed by atoms with Gasteiger partial charge in [0.1, 0.15) is 6.10 Å². The van der Waals surface area contributed by atoms with Crippen LogP contribution in [-0.4, -0.2) is 36.6 Å². The van der Waals surface area contributed by atoms with Gasteiger partial charge < -0.3 is 4.74 Å². The van der Waals surface area contributed by atoms with Gasteiger partial charge in [-0.2, -0.15) is 0 Å². The van der Waals surface area contributed by atoms with Gasteiger partial charge in [0.05, 0.1) is 0 Å². The van der Waals surface area contributed by atoms with Crippen LogP contribution in [0.15, 0.2) is 0 Å². The average Bonchev–Trinajstić information content (AvgIpc) is 2.53. The minimum absolute atomic E-state index is 0.00750. The van der Waals surface area contributed by atoms with Crippen LogP contribution in [0.5, 0.6) is 0 Å². The molecule has 0 saturated carbocycles. The molecule has 1 saturated heterocycles. The summed E-state index contributed by atoms with van der Waals surface area (Å²) in [6.45, 7) is 11.0. The third-order valence-electron chi connectivity index (χ3n) is 2.90. The second-order valence-electron chi connectivity index (χ2n) is 5.47. The van der Waals surface area contributed by atoms with Crippen molar-refractivity contribution in [3.63, 3.8) is 0 Å². The Morgan fingerprint density at radius 2 is 1.87 bits per heavy atom. The number of hydrogen-bond acceptors (Lipinski definition) is 3. The molecule has 0 radical (unpaired) electrons. The van der Waals surface area contributed by atoms with Crippen molar-refractivity contribution in [2.45, 2.75) is 46.6 Å². The molecule has 1 aliphatic rings. The number of likely N-dealkylation sites (tertiary alicyclic amines) is 1. The number of hydrogen-bond donors (Lipinski definition) is 0. The number of carbonyl (C=O) groups excluding carboxylic acids is 1. The average molecular weight is 213 g/mol. The third-order valence-corrected chi connectivity index (χ3v) is 2.90. The van der Waals surface area contributed by atoms with Gasteiger partial charge in [0.25, 0.3) is 0 Å². The van der Waals surface area contributed by atoms with Crippen LogP contribution in [0.1, 0.15) is 40.5 Å². The van der Waals surface area contributed by atoms with Gasteiger partial charge in [-0.1, -0.05) is 20.8 Å². The maximum atomic E-state index is 11.0. The lowest BCUT2D eigenvalue weighted by molar-refractivity contribution is -0.153. The topological polar surface area (TPSA) is 29.5 Å². The van der Waals surface area contributed by atoms with Crippen molar-refractivity contribution in [2.75, 3.05) is 19.6 Å². The molecular formula is C12H23NO2. The number of rotatable bonds is 3. The Bertz CT molecular complexity index is 214. The molecular weight excluding hydrogens is 190 g/mol. The highest BCUT2D eigenvalue weighted by molar-refractivity contribution is 5.66. The molecule has 1 fully saturated rings. The van der Waals surface area contributed by atoms with Gasteiger partial charge >= 0.3 is 5.97 Å². The molecule has 0 bridgehead atoms. The number of carbonyl (C=O) groups is 1. The van der Waals surface area contributed by atoms with E-state index >= 15 is 0 Å². The molecule has 0 aliphatic carbocycles. The smallest absolute Gasteiger partial charge is 0.302 e. The van der Waals surface area contributed by atoms with Crippen molar-refractivity contribution in [3.8, 4) is 0 Å². The third kappa shape index (κ3) is 4.20. The molecule has 3 nitrogen and oxygen atoms in total. The zero-order valence-corrected chi connectivity index (χ0v) is 10.4. The van der Waals surface area contributed by atoms with E-state index in [9.17, 15) is 4.79 Å². The van der Waals surface area contributed by atoms with Gasteiger partial charge in [-0.05, 0) is 25.9 Å². The Hall–Kier alpha value is -0.570. The fourth-order valence-electron chi connectivity index (χ4n) is 1.89. The predicted molar refractivity (Wildman–Crippen MR) is 60.7 cm³/mol. The normalized spacial score (nSPS) is 20.3. The summed E-state index contributed by atoms with van der Waals surface area (Å²) < 4.78 is 5.40. The first-order chi connectivity index (χ1) is 6.89.